The second kappa shape index (κ2) is 9.97. The Morgan fingerprint density at radius 1 is 1.19 bits per heavy atom. The van der Waals surface area contributed by atoms with E-state index in [1.165, 1.54) is 17.5 Å². The molecule has 1 aromatic carbocycles. The minimum absolute atomic E-state index is 0. The quantitative estimate of drug-likeness (QED) is 0.371. The van der Waals surface area contributed by atoms with Crippen LogP contribution in [-0.2, 0) is 19.6 Å². The van der Waals surface area contributed by atoms with Crippen molar-refractivity contribution in [2.75, 3.05) is 14.1 Å². The summed E-state index contributed by atoms with van der Waals surface area (Å²) in [6.45, 7) is 4.71. The largest absolute Gasteiger partial charge is 0.468 e. The highest BCUT2D eigenvalue weighted by atomic mass is 127. The summed E-state index contributed by atoms with van der Waals surface area (Å²) in [6, 6.07) is 13.1. The van der Waals surface area contributed by atoms with Crippen molar-refractivity contribution in [2.24, 2.45) is 10.9 Å². The van der Waals surface area contributed by atoms with E-state index in [2.05, 4.69) is 58.8 Å². The lowest BCUT2D eigenvalue weighted by molar-refractivity contribution is 0.287. The van der Waals surface area contributed by atoms with Crippen LogP contribution in [0.15, 0.2) is 52.1 Å². The fourth-order valence-electron chi connectivity index (χ4n) is 2.97. The molecule has 1 aliphatic rings. The SMILES string of the molecule is CN=C(NCc1ccccc1CN(C)Cc1ccco1)NC1CC1C.I. The smallest absolute Gasteiger partial charge is 0.191 e. The summed E-state index contributed by atoms with van der Waals surface area (Å²) in [5.41, 5.74) is 2.61. The molecule has 2 aromatic rings. The molecule has 3 rings (SSSR count). The molecule has 0 aliphatic heterocycles. The van der Waals surface area contributed by atoms with Gasteiger partial charge in [-0.2, -0.15) is 0 Å². The Labute approximate surface area is 173 Å². The van der Waals surface area contributed by atoms with Gasteiger partial charge in [0.2, 0.25) is 0 Å². The van der Waals surface area contributed by atoms with Crippen LogP contribution in [0.2, 0.25) is 0 Å². The summed E-state index contributed by atoms with van der Waals surface area (Å²) in [6.07, 6.45) is 2.95. The third kappa shape index (κ3) is 6.02. The van der Waals surface area contributed by atoms with Crippen molar-refractivity contribution in [2.45, 2.75) is 39.0 Å². The Morgan fingerprint density at radius 3 is 2.54 bits per heavy atom. The van der Waals surface area contributed by atoms with Gasteiger partial charge >= 0.3 is 0 Å². The van der Waals surface area contributed by atoms with Gasteiger partial charge in [-0.1, -0.05) is 31.2 Å². The van der Waals surface area contributed by atoms with Gasteiger partial charge in [0.25, 0.3) is 0 Å². The van der Waals surface area contributed by atoms with Crippen molar-refractivity contribution < 1.29 is 4.42 Å². The average molecular weight is 468 g/mol. The maximum Gasteiger partial charge on any atom is 0.191 e. The molecule has 1 heterocycles. The molecule has 2 atom stereocenters. The predicted molar refractivity (Wildman–Crippen MR) is 117 cm³/mol. The third-order valence-corrected chi connectivity index (χ3v) is 4.67. The number of halogens is 1. The molecule has 1 fully saturated rings. The second-order valence-corrected chi connectivity index (χ2v) is 6.91. The van der Waals surface area contributed by atoms with Gasteiger partial charge in [0.1, 0.15) is 5.76 Å². The molecule has 0 radical (unpaired) electrons. The van der Waals surface area contributed by atoms with E-state index >= 15 is 0 Å². The highest BCUT2D eigenvalue weighted by Gasteiger charge is 2.33. The van der Waals surface area contributed by atoms with Crippen LogP contribution in [0, 0.1) is 5.92 Å². The van der Waals surface area contributed by atoms with Crippen LogP contribution in [-0.4, -0.2) is 31.0 Å². The molecule has 1 aromatic heterocycles. The molecular formula is C20H29IN4O. The number of guanidine groups is 1. The van der Waals surface area contributed by atoms with Crippen molar-refractivity contribution >= 4 is 29.9 Å². The number of hydrogen-bond donors (Lipinski definition) is 2. The van der Waals surface area contributed by atoms with Crippen LogP contribution in [0.1, 0.15) is 30.2 Å². The molecule has 0 spiro atoms. The molecule has 0 amide bonds. The van der Waals surface area contributed by atoms with Gasteiger partial charge in [0, 0.05) is 26.2 Å². The number of nitrogens with zero attached hydrogens (tertiary/aromatic N) is 2. The Kier molecular flexibility index (Phi) is 7.96. The first-order valence-electron chi connectivity index (χ1n) is 8.90. The number of rotatable bonds is 7. The van der Waals surface area contributed by atoms with Gasteiger partial charge in [-0.3, -0.25) is 9.89 Å². The fraction of sp³-hybridized carbons (Fsp3) is 0.450. The zero-order valence-electron chi connectivity index (χ0n) is 15.7. The highest BCUT2D eigenvalue weighted by Crippen LogP contribution is 2.28. The first-order chi connectivity index (χ1) is 12.2. The summed E-state index contributed by atoms with van der Waals surface area (Å²) >= 11 is 0. The summed E-state index contributed by atoms with van der Waals surface area (Å²) < 4.78 is 5.44. The molecule has 6 heteroatoms. The first-order valence-corrected chi connectivity index (χ1v) is 8.90. The maximum absolute atomic E-state index is 5.44. The van der Waals surface area contributed by atoms with Crippen molar-refractivity contribution in [3.8, 4) is 0 Å². The lowest BCUT2D eigenvalue weighted by Gasteiger charge is -2.19. The molecule has 1 aliphatic carbocycles. The maximum atomic E-state index is 5.44. The average Bonchev–Trinajstić information content (AvgIpc) is 3.06. The molecule has 5 nitrogen and oxygen atoms in total. The standard InChI is InChI=1S/C20H28N4O.HI/c1-15-11-19(15)23-20(21-2)22-12-16-7-4-5-8-17(16)13-24(3)14-18-9-6-10-25-18;/h4-10,15,19H,11-14H2,1-3H3,(H2,21,22,23);1H. The molecule has 26 heavy (non-hydrogen) atoms. The summed E-state index contributed by atoms with van der Waals surface area (Å²) in [5, 5.41) is 6.91. The Hall–Kier alpha value is -1.54. The van der Waals surface area contributed by atoms with Crippen LogP contribution in [0.3, 0.4) is 0 Å². The Morgan fingerprint density at radius 2 is 1.92 bits per heavy atom. The summed E-state index contributed by atoms with van der Waals surface area (Å²) in [4.78, 5) is 6.59. The van der Waals surface area contributed by atoms with Gasteiger partial charge < -0.3 is 15.1 Å². The molecule has 142 valence electrons. The number of aliphatic imine (C=N–C) groups is 1. The minimum atomic E-state index is 0. The number of hydrogen-bond acceptors (Lipinski definition) is 3. The molecule has 2 N–H and O–H groups in total. The monoisotopic (exact) mass is 468 g/mol. The summed E-state index contributed by atoms with van der Waals surface area (Å²) in [5.74, 6) is 2.62. The number of furan rings is 1. The van der Waals surface area contributed by atoms with Crippen LogP contribution < -0.4 is 10.6 Å². The van der Waals surface area contributed by atoms with Gasteiger partial charge in [0.15, 0.2) is 5.96 Å². The lowest BCUT2D eigenvalue weighted by atomic mass is 10.1. The van der Waals surface area contributed by atoms with E-state index < -0.39 is 0 Å². The van der Waals surface area contributed by atoms with Gasteiger partial charge in [-0.15, -0.1) is 24.0 Å². The summed E-state index contributed by atoms with van der Waals surface area (Å²) in [7, 11) is 3.94. The molecule has 0 saturated heterocycles. The van der Waals surface area contributed by atoms with Crippen molar-refractivity contribution in [1.29, 1.82) is 0 Å². The fourth-order valence-corrected chi connectivity index (χ4v) is 2.97. The van der Waals surface area contributed by atoms with Gasteiger partial charge in [-0.05, 0) is 42.6 Å². The molecule has 0 bridgehead atoms. The van der Waals surface area contributed by atoms with Crippen molar-refractivity contribution in [3.05, 3.63) is 59.5 Å². The first kappa shape index (κ1) is 20.8. The van der Waals surface area contributed by atoms with E-state index in [9.17, 15) is 0 Å². The zero-order valence-corrected chi connectivity index (χ0v) is 18.1. The topological polar surface area (TPSA) is 52.8 Å². The number of benzene rings is 1. The molecule has 2 unspecified atom stereocenters. The van der Waals surface area contributed by atoms with Crippen molar-refractivity contribution in [1.82, 2.24) is 15.5 Å². The van der Waals surface area contributed by atoms with Gasteiger partial charge in [-0.25, -0.2) is 0 Å². The lowest BCUT2D eigenvalue weighted by Crippen LogP contribution is -2.38. The van der Waals surface area contributed by atoms with E-state index in [1.807, 2.05) is 19.2 Å². The van der Waals surface area contributed by atoms with E-state index in [1.54, 1.807) is 6.26 Å². The van der Waals surface area contributed by atoms with Gasteiger partial charge in [0.05, 0.1) is 12.8 Å². The normalized spacial score (nSPS) is 19.2. The third-order valence-electron chi connectivity index (χ3n) is 4.67. The highest BCUT2D eigenvalue weighted by molar-refractivity contribution is 14.0. The molecular weight excluding hydrogens is 439 g/mol. The Balaban J connectivity index is 0.00000243. The van der Waals surface area contributed by atoms with Crippen LogP contribution in [0.25, 0.3) is 0 Å². The van der Waals surface area contributed by atoms with Crippen LogP contribution in [0.5, 0.6) is 0 Å². The van der Waals surface area contributed by atoms with E-state index in [0.29, 0.717) is 6.04 Å². The molecule has 1 saturated carbocycles. The van der Waals surface area contributed by atoms with E-state index in [0.717, 1.165) is 37.3 Å². The Bertz CT molecular complexity index is 702. The van der Waals surface area contributed by atoms with E-state index in [-0.39, 0.29) is 24.0 Å². The van der Waals surface area contributed by atoms with Crippen molar-refractivity contribution in [3.63, 3.8) is 0 Å². The predicted octanol–water partition coefficient (Wildman–Crippen LogP) is 3.60. The van der Waals surface area contributed by atoms with Crippen LogP contribution in [0.4, 0.5) is 0 Å². The van der Waals surface area contributed by atoms with E-state index in [4.69, 9.17) is 4.42 Å². The number of nitrogens with one attached hydrogen (secondary N) is 2. The zero-order chi connectivity index (χ0) is 17.6. The minimum Gasteiger partial charge on any atom is -0.468 e. The van der Waals surface area contributed by atoms with Crippen LogP contribution >= 0.6 is 24.0 Å². The second-order valence-electron chi connectivity index (χ2n) is 6.91.